The van der Waals surface area contributed by atoms with Crippen molar-refractivity contribution in [3.8, 4) is 0 Å². The average Bonchev–Trinajstić information content (AvgIpc) is 2.45. The van der Waals surface area contributed by atoms with Crippen molar-refractivity contribution in [1.82, 2.24) is 25.5 Å². The number of piperazine rings is 1. The molecule has 0 radical (unpaired) electrons. The molecule has 0 bridgehead atoms. The number of nitrogens with one attached hydrogen (secondary N) is 2. The Bertz CT molecular complexity index is 431. The Kier molecular flexibility index (Phi) is 4.81. The molecule has 1 atom stereocenters. The van der Waals surface area contributed by atoms with Crippen LogP contribution in [-0.4, -0.2) is 53.0 Å². The van der Waals surface area contributed by atoms with Crippen molar-refractivity contribution < 1.29 is 4.79 Å². The topological polar surface area (TPSA) is 70.2 Å². The molecular formula is C13H21N5O. The fourth-order valence-corrected chi connectivity index (χ4v) is 2.16. The van der Waals surface area contributed by atoms with Gasteiger partial charge in [0, 0.05) is 32.4 Å². The molecule has 104 valence electrons. The van der Waals surface area contributed by atoms with Crippen LogP contribution in [0.15, 0.2) is 12.3 Å². The van der Waals surface area contributed by atoms with Crippen LogP contribution >= 0.6 is 0 Å². The summed E-state index contributed by atoms with van der Waals surface area (Å²) in [5.41, 5.74) is 0.841. The SMILES string of the molecule is Cc1nccc(CNC(=O)C(C)N2CCNCC2)n1. The van der Waals surface area contributed by atoms with Gasteiger partial charge in [-0.25, -0.2) is 9.97 Å². The van der Waals surface area contributed by atoms with Crippen LogP contribution < -0.4 is 10.6 Å². The largest absolute Gasteiger partial charge is 0.349 e. The first-order valence-corrected chi connectivity index (χ1v) is 6.68. The Labute approximate surface area is 113 Å². The van der Waals surface area contributed by atoms with E-state index in [0.29, 0.717) is 6.54 Å². The number of amides is 1. The summed E-state index contributed by atoms with van der Waals surface area (Å²) in [6.45, 7) is 7.98. The lowest BCUT2D eigenvalue weighted by Gasteiger charge is -2.31. The van der Waals surface area contributed by atoms with Gasteiger partial charge in [0.15, 0.2) is 0 Å². The highest BCUT2D eigenvalue weighted by Gasteiger charge is 2.22. The fourth-order valence-electron chi connectivity index (χ4n) is 2.16. The number of nitrogens with zero attached hydrogens (tertiary/aromatic N) is 3. The van der Waals surface area contributed by atoms with Gasteiger partial charge in [0.1, 0.15) is 5.82 Å². The van der Waals surface area contributed by atoms with Crippen LogP contribution in [-0.2, 0) is 11.3 Å². The third kappa shape index (κ3) is 3.97. The minimum absolute atomic E-state index is 0.0539. The zero-order chi connectivity index (χ0) is 13.7. The summed E-state index contributed by atoms with van der Waals surface area (Å²) in [5, 5.41) is 6.21. The number of aryl methyl sites for hydroxylation is 1. The van der Waals surface area contributed by atoms with Crippen molar-refractivity contribution in [3.05, 3.63) is 23.8 Å². The van der Waals surface area contributed by atoms with E-state index in [9.17, 15) is 4.79 Å². The van der Waals surface area contributed by atoms with Crippen molar-refractivity contribution in [2.75, 3.05) is 26.2 Å². The summed E-state index contributed by atoms with van der Waals surface area (Å²) >= 11 is 0. The second-order valence-electron chi connectivity index (χ2n) is 4.77. The zero-order valence-corrected chi connectivity index (χ0v) is 11.5. The molecule has 2 N–H and O–H groups in total. The second kappa shape index (κ2) is 6.58. The Hall–Kier alpha value is -1.53. The van der Waals surface area contributed by atoms with Gasteiger partial charge >= 0.3 is 0 Å². The van der Waals surface area contributed by atoms with Crippen molar-refractivity contribution in [3.63, 3.8) is 0 Å². The molecule has 6 heteroatoms. The Balaban J connectivity index is 1.83. The van der Waals surface area contributed by atoms with Crippen LogP contribution in [0.25, 0.3) is 0 Å². The molecule has 0 spiro atoms. The molecule has 1 aliphatic rings. The van der Waals surface area contributed by atoms with Crippen LogP contribution in [0.5, 0.6) is 0 Å². The predicted octanol–water partition coefficient (Wildman–Crippen LogP) is -0.305. The Morgan fingerprint density at radius 2 is 2.26 bits per heavy atom. The number of rotatable bonds is 4. The normalized spacial score (nSPS) is 18.0. The predicted molar refractivity (Wildman–Crippen MR) is 72.5 cm³/mol. The van der Waals surface area contributed by atoms with Crippen LogP contribution in [0.3, 0.4) is 0 Å². The molecule has 2 rings (SSSR count). The van der Waals surface area contributed by atoms with E-state index in [2.05, 4.69) is 25.5 Å². The molecule has 0 aliphatic carbocycles. The minimum atomic E-state index is -0.0926. The lowest BCUT2D eigenvalue weighted by molar-refractivity contribution is -0.126. The van der Waals surface area contributed by atoms with Gasteiger partial charge in [0.2, 0.25) is 5.91 Å². The highest BCUT2D eigenvalue weighted by Crippen LogP contribution is 2.02. The number of aromatic nitrogens is 2. The average molecular weight is 263 g/mol. The molecule has 0 aromatic carbocycles. The molecule has 1 saturated heterocycles. The molecule has 0 saturated carbocycles. The van der Waals surface area contributed by atoms with Gasteiger partial charge in [-0.2, -0.15) is 0 Å². The quantitative estimate of drug-likeness (QED) is 0.780. The molecule has 1 unspecified atom stereocenters. The Morgan fingerprint density at radius 1 is 1.53 bits per heavy atom. The molecule has 1 amide bonds. The van der Waals surface area contributed by atoms with Gasteiger partial charge in [0.05, 0.1) is 18.3 Å². The van der Waals surface area contributed by atoms with Crippen molar-refractivity contribution >= 4 is 5.91 Å². The first kappa shape index (κ1) is 13.9. The molecule has 1 fully saturated rings. The van der Waals surface area contributed by atoms with E-state index >= 15 is 0 Å². The lowest BCUT2D eigenvalue weighted by Crippen LogP contribution is -2.52. The van der Waals surface area contributed by atoms with Gasteiger partial charge in [-0.1, -0.05) is 0 Å². The van der Waals surface area contributed by atoms with Gasteiger partial charge in [-0.05, 0) is 19.9 Å². The van der Waals surface area contributed by atoms with Gasteiger partial charge in [0.25, 0.3) is 0 Å². The maximum atomic E-state index is 12.1. The third-order valence-corrected chi connectivity index (χ3v) is 3.36. The smallest absolute Gasteiger partial charge is 0.237 e. The second-order valence-corrected chi connectivity index (χ2v) is 4.77. The molecule has 1 aliphatic heterocycles. The molecule has 19 heavy (non-hydrogen) atoms. The first-order valence-electron chi connectivity index (χ1n) is 6.68. The number of carbonyl (C=O) groups is 1. The maximum Gasteiger partial charge on any atom is 0.237 e. The van der Waals surface area contributed by atoms with Gasteiger partial charge in [-0.3, -0.25) is 9.69 Å². The summed E-state index contributed by atoms with van der Waals surface area (Å²) in [6.07, 6.45) is 1.71. The molecule has 1 aromatic rings. The van der Waals surface area contributed by atoms with E-state index in [1.165, 1.54) is 0 Å². The fraction of sp³-hybridized carbons (Fsp3) is 0.615. The first-order chi connectivity index (χ1) is 9.16. The summed E-state index contributed by atoms with van der Waals surface area (Å²) in [7, 11) is 0. The number of carbonyl (C=O) groups excluding carboxylic acids is 1. The van der Waals surface area contributed by atoms with E-state index in [4.69, 9.17) is 0 Å². The van der Waals surface area contributed by atoms with Crippen LogP contribution in [0.2, 0.25) is 0 Å². The highest BCUT2D eigenvalue weighted by atomic mass is 16.2. The number of hydrogen-bond acceptors (Lipinski definition) is 5. The highest BCUT2D eigenvalue weighted by molar-refractivity contribution is 5.81. The van der Waals surface area contributed by atoms with Crippen molar-refractivity contribution in [2.24, 2.45) is 0 Å². The summed E-state index contributed by atoms with van der Waals surface area (Å²) < 4.78 is 0. The van der Waals surface area contributed by atoms with Crippen LogP contribution in [0.4, 0.5) is 0 Å². The van der Waals surface area contributed by atoms with Crippen molar-refractivity contribution in [2.45, 2.75) is 26.4 Å². The molecular weight excluding hydrogens is 242 g/mol. The lowest BCUT2D eigenvalue weighted by atomic mass is 10.2. The standard InChI is InChI=1S/C13H21N5O/c1-10(18-7-5-14-6-8-18)13(19)16-9-12-3-4-15-11(2)17-12/h3-4,10,14H,5-9H2,1-2H3,(H,16,19). The monoisotopic (exact) mass is 263 g/mol. The third-order valence-electron chi connectivity index (χ3n) is 3.36. The number of hydrogen-bond donors (Lipinski definition) is 2. The van der Waals surface area contributed by atoms with E-state index < -0.39 is 0 Å². The van der Waals surface area contributed by atoms with Crippen molar-refractivity contribution in [1.29, 1.82) is 0 Å². The van der Waals surface area contributed by atoms with Crippen LogP contribution in [0.1, 0.15) is 18.4 Å². The summed E-state index contributed by atoms with van der Waals surface area (Å²) in [6, 6.07) is 1.73. The molecule has 6 nitrogen and oxygen atoms in total. The van der Waals surface area contributed by atoms with Gasteiger partial charge < -0.3 is 10.6 Å². The van der Waals surface area contributed by atoms with E-state index in [1.807, 2.05) is 19.9 Å². The summed E-state index contributed by atoms with van der Waals surface area (Å²) in [5.74, 6) is 0.778. The van der Waals surface area contributed by atoms with E-state index in [0.717, 1.165) is 37.7 Å². The van der Waals surface area contributed by atoms with E-state index in [1.54, 1.807) is 6.20 Å². The van der Waals surface area contributed by atoms with E-state index in [-0.39, 0.29) is 11.9 Å². The minimum Gasteiger partial charge on any atom is -0.349 e. The molecule has 2 heterocycles. The zero-order valence-electron chi connectivity index (χ0n) is 11.5. The maximum absolute atomic E-state index is 12.1. The van der Waals surface area contributed by atoms with Crippen LogP contribution in [0, 0.1) is 6.92 Å². The van der Waals surface area contributed by atoms with Gasteiger partial charge in [-0.15, -0.1) is 0 Å². The summed E-state index contributed by atoms with van der Waals surface area (Å²) in [4.78, 5) is 22.6. The molecule has 1 aromatic heterocycles. The Morgan fingerprint density at radius 3 is 2.95 bits per heavy atom.